The lowest BCUT2D eigenvalue weighted by Gasteiger charge is -2.15. The minimum absolute atomic E-state index is 0.221. The Morgan fingerprint density at radius 3 is 2.52 bits per heavy atom. The Kier molecular flexibility index (Phi) is 6.32. The summed E-state index contributed by atoms with van der Waals surface area (Å²) in [5.41, 5.74) is 3.79. The summed E-state index contributed by atoms with van der Waals surface area (Å²) < 4.78 is 11.4. The molecule has 0 unspecified atom stereocenters. The smallest absolute Gasteiger partial charge is 0.323 e. The van der Waals surface area contributed by atoms with Crippen molar-refractivity contribution in [1.29, 1.82) is 0 Å². The molecule has 1 heterocycles. The predicted molar refractivity (Wildman–Crippen MR) is 125 cm³/mol. The van der Waals surface area contributed by atoms with E-state index in [2.05, 4.69) is 15.3 Å². The number of aromatic nitrogens is 2. The second-order valence-electron chi connectivity index (χ2n) is 6.83. The summed E-state index contributed by atoms with van der Waals surface area (Å²) in [5.74, 6) is 0.949. The van der Waals surface area contributed by atoms with Gasteiger partial charge in [-0.2, -0.15) is 0 Å². The Balaban J connectivity index is 1.49. The summed E-state index contributed by atoms with van der Waals surface area (Å²) >= 11 is 18.6. The van der Waals surface area contributed by atoms with Crippen LogP contribution in [0.5, 0.6) is 11.5 Å². The van der Waals surface area contributed by atoms with Crippen molar-refractivity contribution in [3.05, 3.63) is 85.2 Å². The van der Waals surface area contributed by atoms with Crippen molar-refractivity contribution >= 4 is 51.5 Å². The van der Waals surface area contributed by atoms with E-state index in [0.717, 1.165) is 27.8 Å². The van der Waals surface area contributed by atoms with Crippen LogP contribution in [0.15, 0.2) is 53.3 Å². The number of aromatic amines is 2. The first-order chi connectivity index (χ1) is 14.9. The highest BCUT2D eigenvalue weighted by Crippen LogP contribution is 2.37. The van der Waals surface area contributed by atoms with Gasteiger partial charge in [0.1, 0.15) is 6.61 Å². The van der Waals surface area contributed by atoms with Gasteiger partial charge >= 0.3 is 5.69 Å². The van der Waals surface area contributed by atoms with E-state index in [4.69, 9.17) is 44.3 Å². The van der Waals surface area contributed by atoms with E-state index < -0.39 is 0 Å². The number of hydrogen-bond donors (Lipinski definition) is 3. The number of fused-ring (bicyclic) bond motifs is 1. The van der Waals surface area contributed by atoms with Crippen LogP contribution >= 0.6 is 34.8 Å². The third-order valence-electron chi connectivity index (χ3n) is 4.69. The van der Waals surface area contributed by atoms with Gasteiger partial charge < -0.3 is 24.8 Å². The molecule has 31 heavy (non-hydrogen) atoms. The van der Waals surface area contributed by atoms with Crippen LogP contribution in [0.1, 0.15) is 11.1 Å². The lowest BCUT2D eigenvalue weighted by Crippen LogP contribution is -2.03. The molecule has 0 saturated heterocycles. The molecule has 0 aliphatic carbocycles. The summed E-state index contributed by atoms with van der Waals surface area (Å²) in [6.07, 6.45) is 0. The number of ether oxygens (including phenoxy) is 2. The highest BCUT2D eigenvalue weighted by molar-refractivity contribution is 6.35. The van der Waals surface area contributed by atoms with Crippen LogP contribution in [-0.4, -0.2) is 17.1 Å². The molecule has 9 heteroatoms. The molecule has 0 radical (unpaired) electrons. The highest BCUT2D eigenvalue weighted by Gasteiger charge is 2.13. The second kappa shape index (κ2) is 9.14. The monoisotopic (exact) mass is 477 g/mol. The van der Waals surface area contributed by atoms with E-state index in [-0.39, 0.29) is 12.3 Å². The van der Waals surface area contributed by atoms with Crippen molar-refractivity contribution in [2.45, 2.75) is 13.2 Å². The largest absolute Gasteiger partial charge is 0.493 e. The van der Waals surface area contributed by atoms with Gasteiger partial charge in [0.25, 0.3) is 0 Å². The van der Waals surface area contributed by atoms with Crippen LogP contribution in [0, 0.1) is 0 Å². The molecule has 3 aromatic carbocycles. The number of methoxy groups -OCH3 is 1. The van der Waals surface area contributed by atoms with Crippen LogP contribution in [0.3, 0.4) is 0 Å². The van der Waals surface area contributed by atoms with Gasteiger partial charge in [-0.1, -0.05) is 40.9 Å². The zero-order chi connectivity index (χ0) is 22.0. The van der Waals surface area contributed by atoms with Crippen LogP contribution in [0.25, 0.3) is 11.0 Å². The molecule has 160 valence electrons. The van der Waals surface area contributed by atoms with Gasteiger partial charge in [0.05, 0.1) is 23.2 Å². The maximum Gasteiger partial charge on any atom is 0.323 e. The van der Waals surface area contributed by atoms with Gasteiger partial charge in [-0.3, -0.25) is 0 Å². The van der Waals surface area contributed by atoms with Crippen molar-refractivity contribution in [2.75, 3.05) is 12.4 Å². The summed E-state index contributed by atoms with van der Waals surface area (Å²) in [7, 11) is 1.56. The van der Waals surface area contributed by atoms with E-state index in [1.165, 1.54) is 0 Å². The summed E-state index contributed by atoms with van der Waals surface area (Å²) in [4.78, 5) is 16.9. The second-order valence-corrected chi connectivity index (χ2v) is 8.08. The molecule has 0 fully saturated rings. The topological polar surface area (TPSA) is 79.1 Å². The minimum Gasteiger partial charge on any atom is -0.493 e. The fraction of sp³-hybridized carbons (Fsp3) is 0.136. The Morgan fingerprint density at radius 1 is 0.935 bits per heavy atom. The molecule has 0 amide bonds. The Labute approximate surface area is 193 Å². The molecule has 4 rings (SSSR count). The third-order valence-corrected chi connectivity index (χ3v) is 5.56. The molecule has 3 N–H and O–H groups in total. The zero-order valence-corrected chi connectivity index (χ0v) is 18.7. The van der Waals surface area contributed by atoms with Gasteiger partial charge in [0.2, 0.25) is 0 Å². The molecule has 0 saturated carbocycles. The summed E-state index contributed by atoms with van der Waals surface area (Å²) in [6.45, 7) is 0.720. The fourth-order valence-electron chi connectivity index (χ4n) is 3.15. The van der Waals surface area contributed by atoms with Gasteiger partial charge in [-0.15, -0.1) is 0 Å². The Morgan fingerprint density at radius 2 is 1.74 bits per heavy atom. The molecular weight excluding hydrogens is 461 g/mol. The predicted octanol–water partition coefficient (Wildman–Crippen LogP) is 6.02. The third kappa shape index (κ3) is 4.93. The molecule has 0 spiro atoms. The maximum absolute atomic E-state index is 11.4. The number of nitrogens with one attached hydrogen (secondary N) is 3. The van der Waals surface area contributed by atoms with Crippen molar-refractivity contribution in [3.63, 3.8) is 0 Å². The van der Waals surface area contributed by atoms with E-state index in [9.17, 15) is 4.79 Å². The molecule has 0 aliphatic heterocycles. The fourth-order valence-corrected chi connectivity index (χ4v) is 3.90. The van der Waals surface area contributed by atoms with Gasteiger partial charge in [0, 0.05) is 27.8 Å². The van der Waals surface area contributed by atoms with E-state index in [1.807, 2.05) is 30.3 Å². The van der Waals surface area contributed by atoms with E-state index in [0.29, 0.717) is 33.1 Å². The zero-order valence-electron chi connectivity index (χ0n) is 16.4. The molecule has 1 aromatic heterocycles. The minimum atomic E-state index is -0.237. The number of anilines is 1. The van der Waals surface area contributed by atoms with Gasteiger partial charge in [-0.05, 0) is 48.0 Å². The average molecular weight is 479 g/mol. The van der Waals surface area contributed by atoms with E-state index >= 15 is 0 Å². The lowest BCUT2D eigenvalue weighted by atomic mass is 10.2. The van der Waals surface area contributed by atoms with Gasteiger partial charge in [-0.25, -0.2) is 4.79 Å². The number of H-pyrrole nitrogens is 2. The number of hydrogen-bond acceptors (Lipinski definition) is 4. The quantitative estimate of drug-likeness (QED) is 0.304. The van der Waals surface area contributed by atoms with Crippen LogP contribution < -0.4 is 20.5 Å². The number of imidazole rings is 1. The molecular formula is C22H18Cl3N3O3. The molecule has 0 aliphatic rings. The van der Waals surface area contributed by atoms with Crippen molar-refractivity contribution in [2.24, 2.45) is 0 Å². The summed E-state index contributed by atoms with van der Waals surface area (Å²) in [6, 6.07) is 14.5. The number of halogens is 3. The maximum atomic E-state index is 11.4. The van der Waals surface area contributed by atoms with Crippen molar-refractivity contribution in [3.8, 4) is 11.5 Å². The van der Waals surface area contributed by atoms with Crippen molar-refractivity contribution < 1.29 is 9.47 Å². The molecule has 6 nitrogen and oxygen atoms in total. The standard InChI is InChI=1S/C22H18Cl3N3O3/c1-30-20-7-12(10-26-15-4-5-18-19(9-15)28-22(29)27-18)6-17(25)21(20)31-11-13-2-3-14(23)8-16(13)24/h2-9,26H,10-11H2,1H3,(H2,27,28,29). The first kappa shape index (κ1) is 21.4. The number of rotatable bonds is 7. The van der Waals surface area contributed by atoms with Crippen LogP contribution in [0.2, 0.25) is 15.1 Å². The first-order valence-electron chi connectivity index (χ1n) is 9.32. The average Bonchev–Trinajstić information content (AvgIpc) is 3.11. The summed E-state index contributed by atoms with van der Waals surface area (Å²) in [5, 5.41) is 4.81. The number of benzene rings is 3. The van der Waals surface area contributed by atoms with Crippen LogP contribution in [0.4, 0.5) is 5.69 Å². The van der Waals surface area contributed by atoms with Crippen LogP contribution in [-0.2, 0) is 13.2 Å². The Hall–Kier alpha value is -2.80. The molecule has 4 aromatic rings. The normalized spacial score (nSPS) is 11.0. The lowest BCUT2D eigenvalue weighted by molar-refractivity contribution is 0.284. The molecule has 0 atom stereocenters. The Bertz CT molecular complexity index is 1300. The van der Waals surface area contributed by atoms with E-state index in [1.54, 1.807) is 25.3 Å². The molecule has 0 bridgehead atoms. The first-order valence-corrected chi connectivity index (χ1v) is 10.5. The highest BCUT2D eigenvalue weighted by atomic mass is 35.5. The van der Waals surface area contributed by atoms with Gasteiger partial charge in [0.15, 0.2) is 11.5 Å². The van der Waals surface area contributed by atoms with Crippen molar-refractivity contribution in [1.82, 2.24) is 9.97 Å². The SMILES string of the molecule is COc1cc(CNc2ccc3[nH]c(=O)[nH]c3c2)cc(Cl)c1OCc1ccc(Cl)cc1Cl.